The second-order valence-electron chi connectivity index (χ2n) is 6.59. The van der Waals surface area contributed by atoms with Crippen LogP contribution in [0.15, 0.2) is 69.8 Å². The zero-order valence-electron chi connectivity index (χ0n) is 15.5. The molecule has 2 heterocycles. The maximum atomic E-state index is 13.0. The molecule has 0 aliphatic heterocycles. The number of aromatic nitrogens is 1. The zero-order chi connectivity index (χ0) is 20.4. The molecule has 1 amide bonds. The average molecular weight is 454 g/mol. The molecule has 2 aromatic carbocycles. The van der Waals surface area contributed by atoms with Crippen LogP contribution in [0.25, 0.3) is 11.0 Å². The number of anilines is 2. The van der Waals surface area contributed by atoms with Crippen molar-refractivity contribution in [3.8, 4) is 0 Å². The standard InChI is InChI=1S/C22H17BrFN3O2/c1-13-10-16(6-7-18(13)23)26-21-17-8-9-29-20(17)11-19(27-21)22(28)25-12-14-2-4-15(24)5-3-14/h2-11H,12H2,1H3,(H,25,28)(H,26,27). The lowest BCUT2D eigenvalue weighted by Crippen LogP contribution is -2.24. The van der Waals surface area contributed by atoms with Gasteiger partial charge in [0.15, 0.2) is 0 Å². The number of halogens is 2. The van der Waals surface area contributed by atoms with Crippen LogP contribution in [0, 0.1) is 12.7 Å². The van der Waals surface area contributed by atoms with Crippen LogP contribution in [0.2, 0.25) is 0 Å². The summed E-state index contributed by atoms with van der Waals surface area (Å²) in [5.74, 6) is -0.128. The predicted octanol–water partition coefficient (Wildman–Crippen LogP) is 5.71. The molecular weight excluding hydrogens is 437 g/mol. The SMILES string of the molecule is Cc1cc(Nc2nc(C(=O)NCc3ccc(F)cc3)cc3occc23)ccc1Br. The van der Waals surface area contributed by atoms with Crippen molar-refractivity contribution in [1.82, 2.24) is 10.3 Å². The minimum absolute atomic E-state index is 0.228. The first-order valence-corrected chi connectivity index (χ1v) is 9.73. The molecule has 5 nitrogen and oxygen atoms in total. The van der Waals surface area contributed by atoms with Gasteiger partial charge in [-0.2, -0.15) is 0 Å². The van der Waals surface area contributed by atoms with Gasteiger partial charge < -0.3 is 15.1 Å². The molecule has 0 spiro atoms. The lowest BCUT2D eigenvalue weighted by molar-refractivity contribution is 0.0946. The fourth-order valence-corrected chi connectivity index (χ4v) is 3.16. The van der Waals surface area contributed by atoms with E-state index in [2.05, 4.69) is 31.5 Å². The number of rotatable bonds is 5. The highest BCUT2D eigenvalue weighted by molar-refractivity contribution is 9.10. The topological polar surface area (TPSA) is 67.2 Å². The van der Waals surface area contributed by atoms with E-state index in [0.717, 1.165) is 26.7 Å². The Morgan fingerprint density at radius 2 is 1.93 bits per heavy atom. The average Bonchev–Trinajstić information content (AvgIpc) is 3.19. The quantitative estimate of drug-likeness (QED) is 0.405. The number of pyridine rings is 1. The van der Waals surface area contributed by atoms with Crippen molar-refractivity contribution >= 4 is 44.3 Å². The Kier molecular flexibility index (Phi) is 5.31. The summed E-state index contributed by atoms with van der Waals surface area (Å²) in [6, 6.07) is 15.2. The van der Waals surface area contributed by atoms with Crippen LogP contribution in [0.3, 0.4) is 0 Å². The van der Waals surface area contributed by atoms with Crippen molar-refractivity contribution in [3.05, 3.63) is 88.0 Å². The largest absolute Gasteiger partial charge is 0.464 e. The number of furan rings is 1. The smallest absolute Gasteiger partial charge is 0.270 e. The van der Waals surface area contributed by atoms with Crippen molar-refractivity contribution in [2.45, 2.75) is 13.5 Å². The number of nitrogens with one attached hydrogen (secondary N) is 2. The van der Waals surface area contributed by atoms with E-state index in [-0.39, 0.29) is 24.0 Å². The molecule has 4 rings (SSSR count). The van der Waals surface area contributed by atoms with Gasteiger partial charge >= 0.3 is 0 Å². The van der Waals surface area contributed by atoms with Crippen molar-refractivity contribution in [2.24, 2.45) is 0 Å². The lowest BCUT2D eigenvalue weighted by Gasteiger charge is -2.11. The predicted molar refractivity (Wildman–Crippen MR) is 114 cm³/mol. The number of fused-ring (bicyclic) bond motifs is 1. The second kappa shape index (κ2) is 8.05. The molecule has 0 atom stereocenters. The summed E-state index contributed by atoms with van der Waals surface area (Å²) in [7, 11) is 0. The van der Waals surface area contributed by atoms with E-state index >= 15 is 0 Å². The molecule has 2 aromatic heterocycles. The minimum atomic E-state index is -0.345. The van der Waals surface area contributed by atoms with E-state index < -0.39 is 0 Å². The third-order valence-electron chi connectivity index (χ3n) is 4.47. The van der Waals surface area contributed by atoms with Crippen LogP contribution < -0.4 is 10.6 Å². The third kappa shape index (κ3) is 4.30. The van der Waals surface area contributed by atoms with Crippen LogP contribution in [0.1, 0.15) is 21.6 Å². The molecule has 0 unspecified atom stereocenters. The number of carbonyl (C=O) groups excluding carboxylic acids is 1. The monoisotopic (exact) mass is 453 g/mol. The highest BCUT2D eigenvalue weighted by Gasteiger charge is 2.14. The highest BCUT2D eigenvalue weighted by Crippen LogP contribution is 2.28. The van der Waals surface area contributed by atoms with Gasteiger partial charge in [0.25, 0.3) is 5.91 Å². The van der Waals surface area contributed by atoms with Crippen LogP contribution in [-0.4, -0.2) is 10.9 Å². The summed E-state index contributed by atoms with van der Waals surface area (Å²) in [6.45, 7) is 2.26. The number of nitrogens with zero attached hydrogens (tertiary/aromatic N) is 1. The maximum absolute atomic E-state index is 13.0. The van der Waals surface area contributed by atoms with Crippen molar-refractivity contribution in [3.63, 3.8) is 0 Å². The number of aryl methyl sites for hydroxylation is 1. The second-order valence-corrected chi connectivity index (χ2v) is 7.44. The Morgan fingerprint density at radius 1 is 1.14 bits per heavy atom. The van der Waals surface area contributed by atoms with Crippen molar-refractivity contribution in [2.75, 3.05) is 5.32 Å². The number of hydrogen-bond acceptors (Lipinski definition) is 4. The Bertz CT molecular complexity index is 1190. The number of carbonyl (C=O) groups is 1. The van der Waals surface area contributed by atoms with E-state index in [1.165, 1.54) is 12.1 Å². The minimum Gasteiger partial charge on any atom is -0.464 e. The molecular formula is C22H17BrFN3O2. The Morgan fingerprint density at radius 3 is 2.69 bits per heavy atom. The summed E-state index contributed by atoms with van der Waals surface area (Å²) < 4.78 is 19.5. The van der Waals surface area contributed by atoms with E-state index in [0.29, 0.717) is 11.4 Å². The Hall–Kier alpha value is -3.19. The highest BCUT2D eigenvalue weighted by atomic mass is 79.9. The maximum Gasteiger partial charge on any atom is 0.270 e. The lowest BCUT2D eigenvalue weighted by atomic mass is 10.2. The van der Waals surface area contributed by atoms with Gasteiger partial charge in [-0.05, 0) is 54.4 Å². The molecule has 0 saturated carbocycles. The van der Waals surface area contributed by atoms with Gasteiger partial charge in [0.1, 0.15) is 22.9 Å². The molecule has 0 fully saturated rings. The van der Waals surface area contributed by atoms with Crippen molar-refractivity contribution in [1.29, 1.82) is 0 Å². The molecule has 4 aromatic rings. The number of amides is 1. The molecule has 0 aliphatic carbocycles. The first-order valence-electron chi connectivity index (χ1n) is 8.93. The summed E-state index contributed by atoms with van der Waals surface area (Å²) in [4.78, 5) is 17.1. The van der Waals surface area contributed by atoms with Gasteiger partial charge in [-0.15, -0.1) is 0 Å². The number of hydrogen-bond donors (Lipinski definition) is 2. The first kappa shape index (κ1) is 19.1. The third-order valence-corrected chi connectivity index (χ3v) is 5.36. The normalized spacial score (nSPS) is 10.9. The number of benzene rings is 2. The van der Waals surface area contributed by atoms with Crippen LogP contribution >= 0.6 is 15.9 Å². The summed E-state index contributed by atoms with van der Waals surface area (Å²) in [5.41, 5.74) is 3.51. The molecule has 7 heteroatoms. The van der Waals surface area contributed by atoms with Gasteiger partial charge in [-0.3, -0.25) is 4.79 Å². The molecule has 2 N–H and O–H groups in total. The summed E-state index contributed by atoms with van der Waals surface area (Å²) in [6.07, 6.45) is 1.56. The molecule has 0 bridgehead atoms. The van der Waals surface area contributed by atoms with Crippen molar-refractivity contribution < 1.29 is 13.6 Å². The van der Waals surface area contributed by atoms with Gasteiger partial charge in [0, 0.05) is 22.8 Å². The zero-order valence-corrected chi connectivity index (χ0v) is 17.1. The van der Waals surface area contributed by atoms with Gasteiger partial charge in [0.2, 0.25) is 0 Å². The van der Waals surface area contributed by atoms with Crippen LogP contribution in [0.5, 0.6) is 0 Å². The van der Waals surface area contributed by atoms with E-state index in [1.54, 1.807) is 30.5 Å². The first-order chi connectivity index (χ1) is 14.0. The van der Waals surface area contributed by atoms with Gasteiger partial charge in [-0.1, -0.05) is 28.1 Å². The summed E-state index contributed by atoms with van der Waals surface area (Å²) in [5, 5.41) is 6.84. The molecule has 146 valence electrons. The van der Waals surface area contributed by atoms with E-state index in [4.69, 9.17) is 4.42 Å². The molecule has 0 aliphatic rings. The summed E-state index contributed by atoms with van der Waals surface area (Å²) >= 11 is 3.49. The Balaban J connectivity index is 1.58. The molecule has 29 heavy (non-hydrogen) atoms. The van der Waals surface area contributed by atoms with Gasteiger partial charge in [0.05, 0.1) is 11.6 Å². The van der Waals surface area contributed by atoms with E-state index in [9.17, 15) is 9.18 Å². The van der Waals surface area contributed by atoms with Crippen LogP contribution in [0.4, 0.5) is 15.9 Å². The molecule has 0 radical (unpaired) electrons. The molecule has 0 saturated heterocycles. The fourth-order valence-electron chi connectivity index (χ4n) is 2.91. The van der Waals surface area contributed by atoms with Crippen LogP contribution in [-0.2, 0) is 6.54 Å². The van der Waals surface area contributed by atoms with E-state index in [1.807, 2.05) is 25.1 Å². The Labute approximate surface area is 175 Å². The fraction of sp³-hybridized carbons (Fsp3) is 0.0909. The van der Waals surface area contributed by atoms with Gasteiger partial charge in [-0.25, -0.2) is 9.37 Å².